The van der Waals surface area contributed by atoms with Crippen LogP contribution in [0.1, 0.15) is 66.8 Å². The third-order valence-electron chi connectivity index (χ3n) is 7.02. The molecular formula is C26H25F4N5OS. The molecule has 0 unspecified atom stereocenters. The molecule has 6 rings (SSSR count). The first-order valence-corrected chi connectivity index (χ1v) is 13.3. The molecule has 3 fully saturated rings. The summed E-state index contributed by atoms with van der Waals surface area (Å²) in [5, 5.41) is 12.0. The van der Waals surface area contributed by atoms with E-state index in [2.05, 4.69) is 5.32 Å². The fourth-order valence-corrected chi connectivity index (χ4v) is 5.74. The zero-order chi connectivity index (χ0) is 25.7. The molecule has 0 bridgehead atoms. The van der Waals surface area contributed by atoms with Crippen LogP contribution in [0.5, 0.6) is 0 Å². The first-order valence-electron chi connectivity index (χ1n) is 12.4. The van der Waals surface area contributed by atoms with Gasteiger partial charge in [0.15, 0.2) is 5.65 Å². The summed E-state index contributed by atoms with van der Waals surface area (Å²) in [4.78, 5) is 14.2. The van der Waals surface area contributed by atoms with E-state index in [0.717, 1.165) is 48.4 Å². The molecule has 3 heterocycles. The van der Waals surface area contributed by atoms with Crippen molar-refractivity contribution in [2.24, 2.45) is 0 Å². The van der Waals surface area contributed by atoms with Gasteiger partial charge in [0.2, 0.25) is 0 Å². The van der Waals surface area contributed by atoms with E-state index in [4.69, 9.17) is 25.1 Å². The van der Waals surface area contributed by atoms with Crippen LogP contribution in [0, 0.1) is 11.2 Å². The molecule has 2 aliphatic carbocycles. The Balaban J connectivity index is 1.38. The number of thiazole rings is 1. The average Bonchev–Trinajstić information content (AvgIpc) is 3.82. The predicted octanol–water partition coefficient (Wildman–Crippen LogP) is 6.34. The first-order chi connectivity index (χ1) is 17.8. The van der Waals surface area contributed by atoms with E-state index in [1.54, 1.807) is 0 Å². The van der Waals surface area contributed by atoms with Crippen molar-refractivity contribution in [2.45, 2.75) is 68.7 Å². The van der Waals surface area contributed by atoms with Gasteiger partial charge in [0, 0.05) is 48.0 Å². The molecule has 0 amide bonds. The number of benzene rings is 1. The summed E-state index contributed by atoms with van der Waals surface area (Å²) in [5.41, 5.74) is 0.422. The minimum atomic E-state index is -4.64. The van der Waals surface area contributed by atoms with Crippen molar-refractivity contribution in [3.05, 3.63) is 52.2 Å². The summed E-state index contributed by atoms with van der Waals surface area (Å²) in [6, 6.07) is 3.00. The molecule has 2 saturated carbocycles. The van der Waals surface area contributed by atoms with Crippen LogP contribution < -0.4 is 5.32 Å². The molecule has 0 spiro atoms. The first kappa shape index (κ1) is 24.4. The van der Waals surface area contributed by atoms with Crippen LogP contribution in [-0.4, -0.2) is 39.9 Å². The Morgan fingerprint density at radius 1 is 1.08 bits per heavy atom. The standard InChI is InChI=1S/C26H25F4N5OS/c27-19-10-16(26(28,29)30)3-6-18(19)21-22-24(35-25(37-22)13-1-2-13)34-23(33-21)14-7-8-36-20(9-14)15(11-31)12-32-17-4-5-17/h3,6,10-14,17,20,31-32H,1-2,4-5,7-9H2/b15-12+,31-11?/t14-,20-/m1/s1. The highest BCUT2D eigenvalue weighted by molar-refractivity contribution is 7.19. The van der Waals surface area contributed by atoms with Crippen molar-refractivity contribution >= 4 is 27.9 Å². The van der Waals surface area contributed by atoms with Gasteiger partial charge in [0.25, 0.3) is 0 Å². The monoisotopic (exact) mass is 531 g/mol. The maximum atomic E-state index is 15.1. The van der Waals surface area contributed by atoms with Crippen molar-refractivity contribution in [3.8, 4) is 11.3 Å². The lowest BCUT2D eigenvalue weighted by molar-refractivity contribution is -0.137. The summed E-state index contributed by atoms with van der Waals surface area (Å²) in [6.45, 7) is 0.444. The highest BCUT2D eigenvalue weighted by Crippen LogP contribution is 2.45. The molecular weight excluding hydrogens is 506 g/mol. The van der Waals surface area contributed by atoms with Crippen molar-refractivity contribution in [1.82, 2.24) is 20.3 Å². The SMILES string of the molecule is N=C/C(=C\NC1CC1)[C@H]1C[C@H](c2nc(-c3ccc(C(F)(F)F)cc3F)c3sc(C4CC4)nc3n2)CCO1. The summed E-state index contributed by atoms with van der Waals surface area (Å²) in [6.07, 6.45) is 3.63. The lowest BCUT2D eigenvalue weighted by Gasteiger charge is -2.29. The predicted molar refractivity (Wildman–Crippen MR) is 132 cm³/mol. The van der Waals surface area contributed by atoms with Gasteiger partial charge in [-0.3, -0.25) is 0 Å². The second-order valence-corrected chi connectivity index (χ2v) is 10.9. The van der Waals surface area contributed by atoms with Gasteiger partial charge in [-0.25, -0.2) is 19.3 Å². The molecule has 1 aromatic carbocycles. The number of nitrogens with one attached hydrogen (secondary N) is 2. The van der Waals surface area contributed by atoms with E-state index in [-0.39, 0.29) is 23.3 Å². The van der Waals surface area contributed by atoms with Crippen molar-refractivity contribution < 1.29 is 22.3 Å². The number of aromatic nitrogens is 3. The highest BCUT2D eigenvalue weighted by Gasteiger charge is 2.34. The van der Waals surface area contributed by atoms with Gasteiger partial charge in [-0.1, -0.05) is 0 Å². The molecule has 6 nitrogen and oxygen atoms in total. The minimum absolute atomic E-state index is 0.00460. The fraction of sp³-hybridized carbons (Fsp3) is 0.462. The van der Waals surface area contributed by atoms with Crippen molar-refractivity contribution in [3.63, 3.8) is 0 Å². The van der Waals surface area contributed by atoms with Crippen LogP contribution >= 0.6 is 11.3 Å². The van der Waals surface area contributed by atoms with Gasteiger partial charge in [-0.2, -0.15) is 13.2 Å². The summed E-state index contributed by atoms with van der Waals surface area (Å²) in [7, 11) is 0. The lowest BCUT2D eigenvalue weighted by atomic mass is 9.91. The Kier molecular flexibility index (Phi) is 6.22. The number of rotatable bonds is 7. The van der Waals surface area contributed by atoms with Gasteiger partial charge >= 0.3 is 6.18 Å². The van der Waals surface area contributed by atoms with Gasteiger partial charge in [-0.05, 0) is 56.7 Å². The Morgan fingerprint density at radius 3 is 2.57 bits per heavy atom. The van der Waals surface area contributed by atoms with Crippen LogP contribution in [0.25, 0.3) is 21.6 Å². The third kappa shape index (κ3) is 5.11. The summed E-state index contributed by atoms with van der Waals surface area (Å²) < 4.78 is 61.1. The number of ether oxygens (including phenoxy) is 1. The van der Waals surface area contributed by atoms with Crippen LogP contribution in [-0.2, 0) is 10.9 Å². The van der Waals surface area contributed by atoms with E-state index in [1.807, 2.05) is 6.20 Å². The maximum Gasteiger partial charge on any atom is 0.416 e. The zero-order valence-electron chi connectivity index (χ0n) is 19.8. The normalized spacial score (nSPS) is 22.9. The molecule has 11 heteroatoms. The molecule has 2 N–H and O–H groups in total. The number of hydrogen-bond acceptors (Lipinski definition) is 7. The molecule has 2 atom stereocenters. The Hall–Kier alpha value is -2.92. The zero-order valence-corrected chi connectivity index (χ0v) is 20.6. The average molecular weight is 532 g/mol. The van der Waals surface area contributed by atoms with Gasteiger partial charge < -0.3 is 15.5 Å². The smallest absolute Gasteiger partial charge is 0.388 e. The summed E-state index contributed by atoms with van der Waals surface area (Å²) in [5.74, 6) is -0.288. The minimum Gasteiger partial charge on any atom is -0.388 e. The maximum absolute atomic E-state index is 15.1. The molecule has 1 aliphatic heterocycles. The Bertz CT molecular complexity index is 1380. The highest BCUT2D eigenvalue weighted by atomic mass is 32.1. The van der Waals surface area contributed by atoms with Crippen LogP contribution in [0.3, 0.4) is 0 Å². The number of halogens is 4. The molecule has 2 aromatic heterocycles. The lowest BCUT2D eigenvalue weighted by Crippen LogP contribution is -2.29. The topological polar surface area (TPSA) is 83.8 Å². The summed E-state index contributed by atoms with van der Waals surface area (Å²) >= 11 is 1.39. The largest absolute Gasteiger partial charge is 0.416 e. The number of hydrogen-bond donors (Lipinski definition) is 2. The van der Waals surface area contributed by atoms with Gasteiger partial charge in [-0.15, -0.1) is 11.3 Å². The van der Waals surface area contributed by atoms with E-state index in [0.29, 0.717) is 53.6 Å². The molecule has 194 valence electrons. The second-order valence-electron chi connectivity index (χ2n) is 9.91. The Labute approximate surface area is 214 Å². The number of alkyl halides is 3. The molecule has 3 aliphatic rings. The second kappa shape index (κ2) is 9.43. The number of nitrogens with zero attached hydrogens (tertiary/aromatic N) is 3. The van der Waals surface area contributed by atoms with Crippen LogP contribution in [0.4, 0.5) is 17.6 Å². The van der Waals surface area contributed by atoms with Gasteiger partial charge in [0.05, 0.1) is 22.4 Å². The van der Waals surface area contributed by atoms with E-state index in [1.165, 1.54) is 17.6 Å². The van der Waals surface area contributed by atoms with Crippen LogP contribution in [0.15, 0.2) is 30.0 Å². The molecule has 3 aromatic rings. The fourth-order valence-electron chi connectivity index (χ4n) is 4.57. The van der Waals surface area contributed by atoms with Crippen molar-refractivity contribution in [2.75, 3.05) is 6.61 Å². The molecule has 1 saturated heterocycles. The van der Waals surface area contributed by atoms with Crippen LogP contribution in [0.2, 0.25) is 0 Å². The number of fused-ring (bicyclic) bond motifs is 1. The van der Waals surface area contributed by atoms with E-state index in [9.17, 15) is 13.2 Å². The van der Waals surface area contributed by atoms with E-state index < -0.39 is 17.6 Å². The molecule has 0 radical (unpaired) electrons. The Morgan fingerprint density at radius 2 is 1.89 bits per heavy atom. The third-order valence-corrected chi connectivity index (χ3v) is 8.23. The molecule has 37 heavy (non-hydrogen) atoms. The quantitative estimate of drug-likeness (QED) is 0.275. The van der Waals surface area contributed by atoms with E-state index >= 15 is 4.39 Å². The van der Waals surface area contributed by atoms with Gasteiger partial charge in [0.1, 0.15) is 16.3 Å². The van der Waals surface area contributed by atoms with Crippen molar-refractivity contribution in [1.29, 1.82) is 5.41 Å².